The highest BCUT2D eigenvalue weighted by Crippen LogP contribution is 2.52. The van der Waals surface area contributed by atoms with E-state index in [9.17, 15) is 0 Å². The van der Waals surface area contributed by atoms with Gasteiger partial charge in [-0.3, -0.25) is 0 Å². The molecule has 2 heterocycles. The summed E-state index contributed by atoms with van der Waals surface area (Å²) in [4.78, 5) is 2.49. The van der Waals surface area contributed by atoms with Crippen LogP contribution in [-0.4, -0.2) is 4.57 Å². The number of para-hydroxylation sites is 5. The van der Waals surface area contributed by atoms with Crippen LogP contribution in [0.15, 0.2) is 247 Å². The molecule has 1 aliphatic carbocycles. The zero-order chi connectivity index (χ0) is 46.5. The third kappa shape index (κ3) is 6.15. The third-order valence-corrected chi connectivity index (χ3v) is 15.0. The van der Waals surface area contributed by atoms with Crippen LogP contribution >= 0.6 is 0 Å². The van der Waals surface area contributed by atoms with Gasteiger partial charge in [0.15, 0.2) is 0 Å². The van der Waals surface area contributed by atoms with Gasteiger partial charge in [-0.15, -0.1) is 0 Å². The molecule has 0 saturated carbocycles. The molecule has 11 aromatic carbocycles. The first kappa shape index (κ1) is 40.2. The first-order valence-corrected chi connectivity index (χ1v) is 24.2. The summed E-state index contributed by atoms with van der Waals surface area (Å²) in [7, 11) is 0. The maximum atomic E-state index is 6.89. The van der Waals surface area contributed by atoms with Crippen LogP contribution in [0, 0.1) is 0 Å². The number of benzene rings is 11. The second kappa shape index (κ2) is 15.6. The van der Waals surface area contributed by atoms with Crippen LogP contribution in [0.5, 0.6) is 0 Å². The predicted molar refractivity (Wildman–Crippen MR) is 294 cm³/mol. The number of nitrogens with zero attached hydrogens (tertiary/aromatic N) is 2. The number of fused-ring (bicyclic) bond motifs is 10. The molecule has 0 aliphatic heterocycles. The van der Waals surface area contributed by atoms with Crippen molar-refractivity contribution in [3.05, 3.63) is 254 Å². The molecule has 0 bridgehead atoms. The fourth-order valence-electron chi connectivity index (χ4n) is 11.6. The second-order valence-electron chi connectivity index (χ2n) is 19.2. The Balaban J connectivity index is 1.01. The summed E-state index contributed by atoms with van der Waals surface area (Å²) >= 11 is 0. The van der Waals surface area contributed by atoms with Crippen LogP contribution in [0.2, 0.25) is 0 Å². The van der Waals surface area contributed by atoms with E-state index in [1.165, 1.54) is 60.4 Å². The van der Waals surface area contributed by atoms with Crippen molar-refractivity contribution in [2.24, 2.45) is 0 Å². The zero-order valence-electron chi connectivity index (χ0n) is 38.9. The van der Waals surface area contributed by atoms with Gasteiger partial charge >= 0.3 is 0 Å². The molecule has 3 nitrogen and oxygen atoms in total. The molecule has 0 N–H and O–H groups in total. The Morgan fingerprint density at radius 3 is 1.64 bits per heavy atom. The van der Waals surface area contributed by atoms with E-state index >= 15 is 0 Å². The number of anilines is 3. The van der Waals surface area contributed by atoms with Crippen LogP contribution < -0.4 is 4.90 Å². The molecule has 0 unspecified atom stereocenters. The van der Waals surface area contributed by atoms with E-state index in [2.05, 4.69) is 266 Å². The Bertz CT molecular complexity index is 4170. The van der Waals surface area contributed by atoms with Crippen LogP contribution in [0.25, 0.3) is 105 Å². The Hall–Kier alpha value is -8.92. The molecule has 0 amide bonds. The van der Waals surface area contributed by atoms with Crippen LogP contribution in [0.3, 0.4) is 0 Å². The fraction of sp³-hybridized carbons (Fsp3) is 0.0448. The standard InChI is InChI=1S/C67H46N2O/c1-67(2)59-25-11-5-21-52(59)53-38-35-47(40-60(53)67)51-20-7-13-27-62(51)69(61-26-12-6-19-50(61)46-32-31-43-17-3-4-18-45(43)39-46)49-41-57(66-58(42-49)56-24-10-16-30-65(56)70-66)44-33-36-48(37-34-44)68-63-28-14-8-22-54(63)55-23-9-15-29-64(55)68/h3-42H,1-2H3. The van der Waals surface area contributed by atoms with E-state index in [0.717, 1.165) is 72.5 Å². The summed E-state index contributed by atoms with van der Waals surface area (Å²) in [6.07, 6.45) is 0. The van der Waals surface area contributed by atoms with Gasteiger partial charge in [0.05, 0.1) is 22.4 Å². The number of aromatic nitrogens is 1. The minimum Gasteiger partial charge on any atom is -0.455 e. The van der Waals surface area contributed by atoms with Crippen molar-refractivity contribution in [2.45, 2.75) is 19.3 Å². The van der Waals surface area contributed by atoms with E-state index < -0.39 is 0 Å². The molecular formula is C67H46N2O. The van der Waals surface area contributed by atoms with Crippen molar-refractivity contribution in [1.82, 2.24) is 4.57 Å². The summed E-state index contributed by atoms with van der Waals surface area (Å²) in [6, 6.07) is 88.8. The van der Waals surface area contributed by atoms with Gasteiger partial charge in [-0.05, 0) is 116 Å². The lowest BCUT2D eigenvalue weighted by molar-refractivity contribution is 0.660. The minimum absolute atomic E-state index is 0.140. The van der Waals surface area contributed by atoms with Gasteiger partial charge in [-0.2, -0.15) is 0 Å². The highest BCUT2D eigenvalue weighted by atomic mass is 16.3. The monoisotopic (exact) mass is 894 g/mol. The van der Waals surface area contributed by atoms with Crippen LogP contribution in [0.1, 0.15) is 25.0 Å². The number of rotatable bonds is 7. The lowest BCUT2D eigenvalue weighted by Crippen LogP contribution is -2.15. The van der Waals surface area contributed by atoms with Gasteiger partial charge in [0.1, 0.15) is 11.2 Å². The van der Waals surface area contributed by atoms with Gasteiger partial charge in [-0.1, -0.05) is 190 Å². The highest BCUT2D eigenvalue weighted by Gasteiger charge is 2.35. The summed E-state index contributed by atoms with van der Waals surface area (Å²) < 4.78 is 9.27. The summed E-state index contributed by atoms with van der Waals surface area (Å²) in [5, 5.41) is 7.07. The van der Waals surface area contributed by atoms with E-state index in [1.807, 2.05) is 0 Å². The van der Waals surface area contributed by atoms with Crippen molar-refractivity contribution < 1.29 is 4.42 Å². The van der Waals surface area contributed by atoms with Crippen molar-refractivity contribution in [1.29, 1.82) is 0 Å². The maximum absolute atomic E-state index is 6.89. The van der Waals surface area contributed by atoms with Gasteiger partial charge in [0, 0.05) is 55.0 Å². The van der Waals surface area contributed by atoms with Crippen molar-refractivity contribution in [2.75, 3.05) is 4.90 Å². The largest absolute Gasteiger partial charge is 0.455 e. The highest BCUT2D eigenvalue weighted by molar-refractivity contribution is 6.13. The van der Waals surface area contributed by atoms with Gasteiger partial charge in [0.25, 0.3) is 0 Å². The quantitative estimate of drug-likeness (QED) is 0.159. The normalized spacial score (nSPS) is 12.8. The molecule has 14 rings (SSSR count). The van der Waals surface area contributed by atoms with Crippen LogP contribution in [-0.2, 0) is 5.41 Å². The van der Waals surface area contributed by atoms with Gasteiger partial charge < -0.3 is 13.9 Å². The molecule has 0 radical (unpaired) electrons. The van der Waals surface area contributed by atoms with E-state index in [0.29, 0.717) is 0 Å². The van der Waals surface area contributed by atoms with Crippen molar-refractivity contribution >= 4 is 71.6 Å². The Morgan fingerprint density at radius 1 is 0.371 bits per heavy atom. The Kier molecular flexibility index (Phi) is 8.93. The molecule has 0 atom stereocenters. The summed E-state index contributed by atoms with van der Waals surface area (Å²) in [5.41, 5.74) is 20.4. The smallest absolute Gasteiger partial charge is 0.143 e. The molecule has 0 fully saturated rings. The number of hydrogen-bond acceptors (Lipinski definition) is 2. The first-order chi connectivity index (χ1) is 34.5. The molecular weight excluding hydrogens is 849 g/mol. The SMILES string of the molecule is CC1(C)c2ccccc2-c2ccc(-c3ccccc3N(c3cc(-c4ccc(-n5c6ccccc6c6ccccc65)cc4)c4oc5ccccc5c4c3)c3ccccc3-c3ccc4ccccc4c3)cc21. The van der Waals surface area contributed by atoms with Crippen molar-refractivity contribution in [3.63, 3.8) is 0 Å². The average Bonchev–Trinajstić information content (AvgIpc) is 4.04. The maximum Gasteiger partial charge on any atom is 0.143 e. The number of furan rings is 1. The summed E-state index contributed by atoms with van der Waals surface area (Å²) in [5.74, 6) is 0. The summed E-state index contributed by atoms with van der Waals surface area (Å²) in [6.45, 7) is 4.72. The second-order valence-corrected chi connectivity index (χ2v) is 19.2. The van der Waals surface area contributed by atoms with Crippen LogP contribution in [0.4, 0.5) is 17.1 Å². The molecule has 2 aromatic heterocycles. The molecule has 330 valence electrons. The topological polar surface area (TPSA) is 21.3 Å². The Morgan fingerprint density at radius 2 is 0.914 bits per heavy atom. The van der Waals surface area contributed by atoms with E-state index in [4.69, 9.17) is 4.42 Å². The molecule has 1 aliphatic rings. The average molecular weight is 895 g/mol. The Labute approximate surface area is 406 Å². The minimum atomic E-state index is -0.140. The van der Waals surface area contributed by atoms with Gasteiger partial charge in [-0.25, -0.2) is 0 Å². The predicted octanol–water partition coefficient (Wildman–Crippen LogP) is 18.6. The molecule has 0 spiro atoms. The molecule has 13 aromatic rings. The molecule has 70 heavy (non-hydrogen) atoms. The van der Waals surface area contributed by atoms with E-state index in [-0.39, 0.29) is 5.41 Å². The van der Waals surface area contributed by atoms with E-state index in [1.54, 1.807) is 0 Å². The third-order valence-electron chi connectivity index (χ3n) is 15.0. The van der Waals surface area contributed by atoms with Gasteiger partial charge in [0.2, 0.25) is 0 Å². The fourth-order valence-corrected chi connectivity index (χ4v) is 11.6. The first-order valence-electron chi connectivity index (χ1n) is 24.2. The van der Waals surface area contributed by atoms with Crippen molar-refractivity contribution in [3.8, 4) is 50.2 Å². The number of hydrogen-bond donors (Lipinski definition) is 0. The zero-order valence-corrected chi connectivity index (χ0v) is 38.9. The lowest BCUT2D eigenvalue weighted by atomic mass is 9.81. The molecule has 3 heteroatoms. The molecule has 0 saturated heterocycles. The lowest BCUT2D eigenvalue weighted by Gasteiger charge is -2.31.